The summed E-state index contributed by atoms with van der Waals surface area (Å²) >= 11 is 0. The van der Waals surface area contributed by atoms with Gasteiger partial charge in [0, 0.05) is 30.4 Å². The summed E-state index contributed by atoms with van der Waals surface area (Å²) in [5.41, 5.74) is 2.39. The van der Waals surface area contributed by atoms with Gasteiger partial charge in [-0.05, 0) is 30.7 Å². The van der Waals surface area contributed by atoms with Crippen molar-refractivity contribution in [3.63, 3.8) is 0 Å². The number of pyridine rings is 1. The molecule has 2 N–H and O–H groups in total. The topological polar surface area (TPSA) is 71.1 Å². The summed E-state index contributed by atoms with van der Waals surface area (Å²) in [5.74, 6) is -0.448. The van der Waals surface area contributed by atoms with Gasteiger partial charge in [0.05, 0.1) is 6.54 Å². The smallest absolute Gasteiger partial charge is 0.251 e. The van der Waals surface area contributed by atoms with Crippen LogP contribution in [0.1, 0.15) is 21.6 Å². The number of carbonyl (C=O) groups excluding carboxylic acids is 2. The Morgan fingerprint density at radius 2 is 1.82 bits per heavy atom. The van der Waals surface area contributed by atoms with E-state index in [0.717, 1.165) is 11.3 Å². The predicted octanol–water partition coefficient (Wildman–Crippen LogP) is 1.48. The van der Waals surface area contributed by atoms with Crippen LogP contribution in [0.4, 0.5) is 0 Å². The number of aromatic nitrogens is 1. The fraction of sp³-hybridized carbons (Fsp3) is 0.235. The van der Waals surface area contributed by atoms with Gasteiger partial charge in [-0.2, -0.15) is 0 Å². The van der Waals surface area contributed by atoms with E-state index in [-0.39, 0.29) is 18.4 Å². The number of amides is 2. The average Bonchev–Trinajstić information content (AvgIpc) is 2.54. The minimum absolute atomic E-state index is 0.0324. The summed E-state index contributed by atoms with van der Waals surface area (Å²) in [6, 6.07) is 12.9. The first kappa shape index (κ1) is 15.7. The third-order valence-corrected chi connectivity index (χ3v) is 3.23. The summed E-state index contributed by atoms with van der Waals surface area (Å²) < 4.78 is 0. The molecule has 5 heteroatoms. The summed E-state index contributed by atoms with van der Waals surface area (Å²) in [5, 5.41) is 5.38. The molecule has 22 heavy (non-hydrogen) atoms. The van der Waals surface area contributed by atoms with Crippen molar-refractivity contribution in [3.05, 3.63) is 65.5 Å². The molecule has 0 aliphatic rings. The second-order valence-electron chi connectivity index (χ2n) is 4.92. The van der Waals surface area contributed by atoms with E-state index < -0.39 is 0 Å². The molecular weight excluding hydrogens is 278 g/mol. The van der Waals surface area contributed by atoms with E-state index in [1.807, 2.05) is 37.3 Å². The number of rotatable bonds is 6. The molecule has 0 atom stereocenters. The van der Waals surface area contributed by atoms with Gasteiger partial charge in [0.15, 0.2) is 0 Å². The van der Waals surface area contributed by atoms with Crippen LogP contribution >= 0.6 is 0 Å². The van der Waals surface area contributed by atoms with Gasteiger partial charge in [-0.25, -0.2) is 0 Å². The molecule has 0 bridgehead atoms. The van der Waals surface area contributed by atoms with Crippen LogP contribution in [0.5, 0.6) is 0 Å². The quantitative estimate of drug-likeness (QED) is 0.848. The molecule has 2 aromatic rings. The third kappa shape index (κ3) is 4.70. The Labute approximate surface area is 129 Å². The van der Waals surface area contributed by atoms with Gasteiger partial charge in [-0.1, -0.05) is 24.3 Å². The monoisotopic (exact) mass is 297 g/mol. The molecule has 0 fully saturated rings. The highest BCUT2D eigenvalue weighted by Crippen LogP contribution is 2.05. The standard InChI is InChI=1S/C17H19N3O2/c1-13-6-2-3-8-15(13)17(22)20-12-16(21)19-11-9-14-7-4-5-10-18-14/h2-8,10H,9,11-12H2,1H3,(H,19,21)(H,20,22). The van der Waals surface area contributed by atoms with Crippen LogP contribution in [0, 0.1) is 6.92 Å². The second kappa shape index (κ2) is 7.93. The van der Waals surface area contributed by atoms with E-state index in [1.165, 1.54) is 0 Å². The normalized spacial score (nSPS) is 10.0. The fourth-order valence-corrected chi connectivity index (χ4v) is 2.02. The van der Waals surface area contributed by atoms with Crippen LogP contribution in [0.2, 0.25) is 0 Å². The molecule has 2 rings (SSSR count). The Morgan fingerprint density at radius 1 is 1.05 bits per heavy atom. The van der Waals surface area contributed by atoms with E-state index in [0.29, 0.717) is 18.5 Å². The van der Waals surface area contributed by atoms with Gasteiger partial charge in [0.2, 0.25) is 5.91 Å². The SMILES string of the molecule is Cc1ccccc1C(=O)NCC(=O)NCCc1ccccn1. The molecule has 0 unspecified atom stereocenters. The minimum atomic E-state index is -0.238. The molecule has 0 aliphatic carbocycles. The Kier molecular flexibility index (Phi) is 5.65. The summed E-state index contributed by atoms with van der Waals surface area (Å²) in [6.07, 6.45) is 2.39. The number of nitrogens with zero attached hydrogens (tertiary/aromatic N) is 1. The average molecular weight is 297 g/mol. The van der Waals surface area contributed by atoms with Crippen molar-refractivity contribution >= 4 is 11.8 Å². The van der Waals surface area contributed by atoms with Crippen LogP contribution in [-0.2, 0) is 11.2 Å². The summed E-state index contributed by atoms with van der Waals surface area (Å²) in [7, 11) is 0. The third-order valence-electron chi connectivity index (χ3n) is 3.23. The molecule has 0 saturated carbocycles. The zero-order chi connectivity index (χ0) is 15.8. The van der Waals surface area contributed by atoms with Crippen molar-refractivity contribution in [3.8, 4) is 0 Å². The van der Waals surface area contributed by atoms with Gasteiger partial charge in [0.25, 0.3) is 5.91 Å². The van der Waals surface area contributed by atoms with E-state index in [1.54, 1.807) is 18.3 Å². The Hall–Kier alpha value is -2.69. The zero-order valence-corrected chi connectivity index (χ0v) is 12.5. The van der Waals surface area contributed by atoms with Crippen molar-refractivity contribution in [1.29, 1.82) is 0 Å². The van der Waals surface area contributed by atoms with Crippen molar-refractivity contribution in [2.24, 2.45) is 0 Å². The first-order valence-electron chi connectivity index (χ1n) is 7.17. The van der Waals surface area contributed by atoms with Gasteiger partial charge >= 0.3 is 0 Å². The molecule has 1 aromatic carbocycles. The molecule has 1 aromatic heterocycles. The number of aryl methyl sites for hydroxylation is 1. The Morgan fingerprint density at radius 3 is 2.55 bits per heavy atom. The van der Waals surface area contributed by atoms with Crippen molar-refractivity contribution < 1.29 is 9.59 Å². The molecule has 114 valence electrons. The van der Waals surface area contributed by atoms with Gasteiger partial charge in [0.1, 0.15) is 0 Å². The minimum Gasteiger partial charge on any atom is -0.354 e. The number of benzene rings is 1. The fourth-order valence-electron chi connectivity index (χ4n) is 2.02. The highest BCUT2D eigenvalue weighted by Gasteiger charge is 2.09. The van der Waals surface area contributed by atoms with Crippen molar-refractivity contribution in [2.75, 3.05) is 13.1 Å². The van der Waals surface area contributed by atoms with Crippen LogP contribution in [0.3, 0.4) is 0 Å². The van der Waals surface area contributed by atoms with Crippen LogP contribution in [0.25, 0.3) is 0 Å². The Bertz CT molecular complexity index is 641. The maximum absolute atomic E-state index is 12.0. The molecular formula is C17H19N3O2. The van der Waals surface area contributed by atoms with E-state index in [2.05, 4.69) is 15.6 Å². The maximum atomic E-state index is 12.0. The predicted molar refractivity (Wildman–Crippen MR) is 84.5 cm³/mol. The summed E-state index contributed by atoms with van der Waals surface area (Å²) in [6.45, 7) is 2.33. The highest BCUT2D eigenvalue weighted by atomic mass is 16.2. The lowest BCUT2D eigenvalue weighted by Gasteiger charge is -2.08. The van der Waals surface area contributed by atoms with Crippen molar-refractivity contribution in [2.45, 2.75) is 13.3 Å². The first-order chi connectivity index (χ1) is 10.7. The second-order valence-corrected chi connectivity index (χ2v) is 4.92. The van der Waals surface area contributed by atoms with Crippen LogP contribution in [0.15, 0.2) is 48.7 Å². The van der Waals surface area contributed by atoms with Crippen LogP contribution < -0.4 is 10.6 Å². The van der Waals surface area contributed by atoms with Gasteiger partial charge < -0.3 is 10.6 Å². The largest absolute Gasteiger partial charge is 0.354 e. The molecule has 0 saturated heterocycles. The van der Waals surface area contributed by atoms with E-state index >= 15 is 0 Å². The summed E-state index contributed by atoms with van der Waals surface area (Å²) in [4.78, 5) is 27.8. The lowest BCUT2D eigenvalue weighted by Crippen LogP contribution is -2.37. The van der Waals surface area contributed by atoms with Crippen molar-refractivity contribution in [1.82, 2.24) is 15.6 Å². The number of hydrogen-bond acceptors (Lipinski definition) is 3. The highest BCUT2D eigenvalue weighted by molar-refractivity contribution is 5.97. The molecule has 1 heterocycles. The molecule has 0 spiro atoms. The molecule has 0 radical (unpaired) electrons. The zero-order valence-electron chi connectivity index (χ0n) is 12.5. The van der Waals surface area contributed by atoms with E-state index in [9.17, 15) is 9.59 Å². The maximum Gasteiger partial charge on any atom is 0.251 e. The van der Waals surface area contributed by atoms with E-state index in [4.69, 9.17) is 0 Å². The molecule has 2 amide bonds. The Balaban J connectivity index is 1.72. The molecule has 0 aliphatic heterocycles. The van der Waals surface area contributed by atoms with Gasteiger partial charge in [-0.3, -0.25) is 14.6 Å². The van der Waals surface area contributed by atoms with Crippen LogP contribution in [-0.4, -0.2) is 29.9 Å². The number of carbonyl (C=O) groups is 2. The number of nitrogens with one attached hydrogen (secondary N) is 2. The number of hydrogen-bond donors (Lipinski definition) is 2. The molecule has 5 nitrogen and oxygen atoms in total. The van der Waals surface area contributed by atoms with Gasteiger partial charge in [-0.15, -0.1) is 0 Å². The first-order valence-corrected chi connectivity index (χ1v) is 7.17. The lowest BCUT2D eigenvalue weighted by atomic mass is 10.1. The lowest BCUT2D eigenvalue weighted by molar-refractivity contribution is -0.120.